The van der Waals surface area contributed by atoms with E-state index < -0.39 is 12.8 Å². The molecule has 156 valence electrons. The fraction of sp³-hybridized carbons (Fsp3) is 0.250. The molecule has 0 unspecified atom stereocenters. The fourth-order valence-electron chi connectivity index (χ4n) is 2.82. The van der Waals surface area contributed by atoms with Crippen LogP contribution in [0.4, 0.5) is 18.9 Å². The lowest BCUT2D eigenvalue weighted by Gasteiger charge is -2.16. The van der Waals surface area contributed by atoms with Crippen molar-refractivity contribution in [2.24, 2.45) is 0 Å². The minimum atomic E-state index is -4.48. The monoisotopic (exact) mass is 418 g/mol. The molecule has 0 radical (unpaired) electrons. The molecule has 2 aromatic heterocycles. The van der Waals surface area contributed by atoms with Crippen LogP contribution >= 0.6 is 0 Å². The molecule has 0 aliphatic carbocycles. The molecule has 0 aliphatic rings. The van der Waals surface area contributed by atoms with Gasteiger partial charge in [-0.05, 0) is 12.1 Å². The molecule has 7 nitrogen and oxygen atoms in total. The first-order valence-electron chi connectivity index (χ1n) is 8.68. The van der Waals surface area contributed by atoms with Crippen LogP contribution in [0.25, 0.3) is 10.9 Å². The molecule has 0 fully saturated rings. The molecule has 10 heteroatoms. The number of anilines is 1. The lowest BCUT2D eigenvalue weighted by molar-refractivity contribution is -0.154. The second-order valence-electron chi connectivity index (χ2n) is 6.11. The lowest BCUT2D eigenvalue weighted by atomic mass is 10.1. The molecule has 0 atom stereocenters. The number of rotatable bonds is 7. The third-order valence-corrected chi connectivity index (χ3v) is 4.16. The molecule has 0 saturated heterocycles. The van der Waals surface area contributed by atoms with Gasteiger partial charge in [-0.15, -0.1) is 0 Å². The molecular formula is C20H17F3N4O3. The Morgan fingerprint density at radius 2 is 1.97 bits per heavy atom. The lowest BCUT2D eigenvalue weighted by Crippen LogP contribution is -2.20. The summed E-state index contributed by atoms with van der Waals surface area (Å²) in [6, 6.07) is 8.58. The Morgan fingerprint density at radius 3 is 2.63 bits per heavy atom. The molecule has 30 heavy (non-hydrogen) atoms. The van der Waals surface area contributed by atoms with Crippen LogP contribution in [-0.4, -0.2) is 37.0 Å². The smallest absolute Gasteiger partial charge is 0.422 e. The number of nitrogens with zero attached hydrogens (tertiary/aromatic N) is 3. The number of ether oxygens (including phenoxy) is 3. The number of alkyl halides is 3. The van der Waals surface area contributed by atoms with E-state index in [2.05, 4.69) is 21.4 Å². The number of nitriles is 1. The normalized spacial score (nSPS) is 11.1. The van der Waals surface area contributed by atoms with Crippen molar-refractivity contribution in [2.45, 2.75) is 12.7 Å². The summed E-state index contributed by atoms with van der Waals surface area (Å²) >= 11 is 0. The topological polar surface area (TPSA) is 89.3 Å². The van der Waals surface area contributed by atoms with Gasteiger partial charge >= 0.3 is 6.18 Å². The Labute approximate surface area is 170 Å². The Morgan fingerprint density at radius 1 is 1.17 bits per heavy atom. The molecule has 3 rings (SSSR count). The van der Waals surface area contributed by atoms with Gasteiger partial charge in [0.1, 0.15) is 23.1 Å². The maximum atomic E-state index is 12.5. The van der Waals surface area contributed by atoms with Gasteiger partial charge in [0.2, 0.25) is 5.88 Å². The van der Waals surface area contributed by atoms with Crippen LogP contribution in [0.2, 0.25) is 0 Å². The number of hydrogen-bond donors (Lipinski definition) is 1. The largest absolute Gasteiger partial charge is 0.497 e. The van der Waals surface area contributed by atoms with Crippen molar-refractivity contribution >= 4 is 16.6 Å². The van der Waals surface area contributed by atoms with Crippen molar-refractivity contribution < 1.29 is 27.4 Å². The van der Waals surface area contributed by atoms with Gasteiger partial charge in [0.15, 0.2) is 6.61 Å². The highest BCUT2D eigenvalue weighted by Gasteiger charge is 2.29. The Kier molecular flexibility index (Phi) is 6.11. The number of benzene rings is 1. The van der Waals surface area contributed by atoms with Gasteiger partial charge in [-0.3, -0.25) is 4.98 Å². The summed E-state index contributed by atoms with van der Waals surface area (Å²) in [5.74, 6) is 0.802. The van der Waals surface area contributed by atoms with E-state index in [0.717, 1.165) is 0 Å². The van der Waals surface area contributed by atoms with Gasteiger partial charge in [0.05, 0.1) is 25.5 Å². The summed E-state index contributed by atoms with van der Waals surface area (Å²) in [6.45, 7) is -1.39. The molecule has 0 spiro atoms. The van der Waals surface area contributed by atoms with Crippen molar-refractivity contribution in [1.82, 2.24) is 9.97 Å². The molecule has 2 heterocycles. The average molecular weight is 418 g/mol. The first-order valence-corrected chi connectivity index (χ1v) is 8.68. The number of hydrogen-bond acceptors (Lipinski definition) is 7. The second kappa shape index (κ2) is 8.73. The Bertz CT molecular complexity index is 1100. The van der Waals surface area contributed by atoms with E-state index in [9.17, 15) is 18.4 Å². The molecule has 1 N–H and O–H groups in total. The van der Waals surface area contributed by atoms with Gasteiger partial charge < -0.3 is 19.5 Å². The summed E-state index contributed by atoms with van der Waals surface area (Å²) < 4.78 is 53.0. The van der Waals surface area contributed by atoms with Crippen LogP contribution in [0.5, 0.6) is 17.4 Å². The quantitative estimate of drug-likeness (QED) is 0.619. The Balaban J connectivity index is 1.98. The first kappa shape index (κ1) is 21.0. The van der Waals surface area contributed by atoms with Crippen molar-refractivity contribution in [1.29, 1.82) is 5.26 Å². The van der Waals surface area contributed by atoms with E-state index in [1.54, 1.807) is 24.3 Å². The van der Waals surface area contributed by atoms with Crippen molar-refractivity contribution in [3.05, 3.63) is 47.8 Å². The third kappa shape index (κ3) is 4.63. The van der Waals surface area contributed by atoms with Gasteiger partial charge in [0, 0.05) is 36.0 Å². The third-order valence-electron chi connectivity index (χ3n) is 4.16. The highest BCUT2D eigenvalue weighted by molar-refractivity contribution is 5.98. The molecular weight excluding hydrogens is 401 g/mol. The second-order valence-corrected chi connectivity index (χ2v) is 6.11. The minimum absolute atomic E-state index is 0.0638. The molecule has 3 aromatic rings. The van der Waals surface area contributed by atoms with Crippen LogP contribution in [0.15, 0.2) is 36.7 Å². The Hall–Kier alpha value is -3.74. The molecule has 1 aromatic carbocycles. The minimum Gasteiger partial charge on any atom is -0.497 e. The van der Waals surface area contributed by atoms with Crippen LogP contribution in [0, 0.1) is 11.3 Å². The average Bonchev–Trinajstić information content (AvgIpc) is 2.74. The highest BCUT2D eigenvalue weighted by Crippen LogP contribution is 2.36. The SMILES string of the molecule is COc1cc(OC)c2ncc(C#N)c(NCc3cccnc3OCC(F)(F)F)c2c1. The summed E-state index contributed by atoms with van der Waals surface area (Å²) in [4.78, 5) is 8.16. The fourth-order valence-corrected chi connectivity index (χ4v) is 2.82. The summed E-state index contributed by atoms with van der Waals surface area (Å²) in [5.41, 5.74) is 1.58. The number of pyridine rings is 2. The van der Waals surface area contributed by atoms with E-state index >= 15 is 0 Å². The van der Waals surface area contributed by atoms with Crippen molar-refractivity contribution in [2.75, 3.05) is 26.1 Å². The predicted octanol–water partition coefficient (Wildman–Crippen LogP) is 4.07. The van der Waals surface area contributed by atoms with Crippen LogP contribution in [0.1, 0.15) is 11.1 Å². The summed E-state index contributed by atoms with van der Waals surface area (Å²) in [6.07, 6.45) is -1.75. The van der Waals surface area contributed by atoms with Crippen LogP contribution < -0.4 is 19.5 Å². The number of nitrogens with one attached hydrogen (secondary N) is 1. The number of fused-ring (bicyclic) bond motifs is 1. The van der Waals surface area contributed by atoms with Crippen LogP contribution in [0.3, 0.4) is 0 Å². The summed E-state index contributed by atoms with van der Waals surface area (Å²) in [5, 5.41) is 13.2. The van der Waals surface area contributed by atoms with Crippen molar-refractivity contribution in [3.8, 4) is 23.4 Å². The van der Waals surface area contributed by atoms with E-state index in [0.29, 0.717) is 33.7 Å². The van der Waals surface area contributed by atoms with Crippen molar-refractivity contribution in [3.63, 3.8) is 0 Å². The van der Waals surface area contributed by atoms with Gasteiger partial charge in [-0.2, -0.15) is 18.4 Å². The maximum absolute atomic E-state index is 12.5. The maximum Gasteiger partial charge on any atom is 0.422 e. The number of halogens is 3. The zero-order valence-corrected chi connectivity index (χ0v) is 16.1. The van der Waals surface area contributed by atoms with Gasteiger partial charge in [-0.25, -0.2) is 4.98 Å². The zero-order valence-electron chi connectivity index (χ0n) is 16.1. The molecule has 0 saturated carbocycles. The zero-order chi connectivity index (χ0) is 21.7. The van der Waals surface area contributed by atoms with Gasteiger partial charge in [0.25, 0.3) is 0 Å². The standard InChI is InChI=1S/C20H17F3N4O3/c1-28-14-6-15-17(13(8-24)10-27-18(15)16(7-14)29-2)26-9-12-4-3-5-25-19(12)30-11-20(21,22)23/h3-7,10H,9,11H2,1-2H3,(H,26,27). The van der Waals surface area contributed by atoms with E-state index in [1.807, 2.05) is 0 Å². The highest BCUT2D eigenvalue weighted by atomic mass is 19.4. The predicted molar refractivity (Wildman–Crippen MR) is 103 cm³/mol. The molecule has 0 aliphatic heterocycles. The molecule has 0 bridgehead atoms. The number of aromatic nitrogens is 2. The number of methoxy groups -OCH3 is 2. The van der Waals surface area contributed by atoms with E-state index in [1.165, 1.54) is 26.6 Å². The summed E-state index contributed by atoms with van der Waals surface area (Å²) in [7, 11) is 2.98. The first-order chi connectivity index (χ1) is 14.4. The van der Waals surface area contributed by atoms with Crippen LogP contribution in [-0.2, 0) is 6.54 Å². The van der Waals surface area contributed by atoms with E-state index in [-0.39, 0.29) is 18.0 Å². The van der Waals surface area contributed by atoms with E-state index in [4.69, 9.17) is 14.2 Å². The molecule has 0 amide bonds. The van der Waals surface area contributed by atoms with Gasteiger partial charge in [-0.1, -0.05) is 6.07 Å².